The third-order valence-electron chi connectivity index (χ3n) is 2.70. The van der Waals surface area contributed by atoms with Crippen molar-refractivity contribution in [2.24, 2.45) is 0 Å². The highest BCUT2D eigenvalue weighted by Gasteiger charge is 2.09. The van der Waals surface area contributed by atoms with Gasteiger partial charge in [-0.1, -0.05) is 59.9 Å². The van der Waals surface area contributed by atoms with E-state index in [4.69, 9.17) is 0 Å². The lowest BCUT2D eigenvalue weighted by Gasteiger charge is -2.03. The van der Waals surface area contributed by atoms with Gasteiger partial charge in [0.1, 0.15) is 5.01 Å². The molecular weight excluding hydrogens is 284 g/mol. The lowest BCUT2D eigenvalue weighted by molar-refractivity contribution is 0.262. The Hall–Kier alpha value is -2.73. The first-order valence-corrected chi connectivity index (χ1v) is 7.15. The Morgan fingerprint density at radius 1 is 0.857 bits per heavy atom. The van der Waals surface area contributed by atoms with Crippen LogP contribution in [-0.4, -0.2) is 16.2 Å². The van der Waals surface area contributed by atoms with Crippen LogP contribution >= 0.6 is 11.3 Å². The van der Waals surface area contributed by atoms with E-state index in [1.54, 1.807) is 0 Å². The first kappa shape index (κ1) is 13.3. The average molecular weight is 296 g/mol. The van der Waals surface area contributed by atoms with Crippen LogP contribution in [0.25, 0.3) is 10.6 Å². The fraction of sp³-hybridized carbons (Fsp3) is 0. The predicted octanol–water partition coefficient (Wildman–Crippen LogP) is 3.85. The number of nitrogens with zero attached hydrogens (tertiary/aromatic N) is 2. The van der Waals surface area contributed by atoms with Crippen molar-refractivity contribution in [1.82, 2.24) is 10.2 Å². The van der Waals surface area contributed by atoms with Gasteiger partial charge in [-0.15, -0.1) is 10.2 Å². The molecule has 1 heterocycles. The summed E-state index contributed by atoms with van der Waals surface area (Å²) >= 11 is 1.33. The summed E-state index contributed by atoms with van der Waals surface area (Å²) in [5, 5.41) is 14.7. The molecule has 21 heavy (non-hydrogen) atoms. The number of carbonyl (C=O) groups is 1. The van der Waals surface area contributed by atoms with Crippen LogP contribution in [0.15, 0.2) is 60.7 Å². The van der Waals surface area contributed by atoms with Gasteiger partial charge in [0.2, 0.25) is 5.13 Å². The van der Waals surface area contributed by atoms with E-state index in [9.17, 15) is 4.79 Å². The molecule has 2 amide bonds. The summed E-state index contributed by atoms with van der Waals surface area (Å²) in [5.41, 5.74) is 1.70. The topological polar surface area (TPSA) is 66.9 Å². The average Bonchev–Trinajstić information content (AvgIpc) is 2.97. The maximum Gasteiger partial charge on any atom is 0.325 e. The Labute approximate surface area is 125 Å². The number of anilines is 2. The predicted molar refractivity (Wildman–Crippen MR) is 84.4 cm³/mol. The minimum absolute atomic E-state index is 0.336. The van der Waals surface area contributed by atoms with Crippen LogP contribution in [-0.2, 0) is 0 Å². The van der Waals surface area contributed by atoms with E-state index < -0.39 is 0 Å². The molecule has 0 aliphatic rings. The zero-order valence-corrected chi connectivity index (χ0v) is 11.8. The highest BCUT2D eigenvalue weighted by atomic mass is 32.1. The first-order valence-electron chi connectivity index (χ1n) is 6.33. The van der Waals surface area contributed by atoms with Crippen LogP contribution in [0.4, 0.5) is 15.6 Å². The molecule has 1 aromatic heterocycles. The van der Waals surface area contributed by atoms with Crippen molar-refractivity contribution in [2.45, 2.75) is 0 Å². The minimum Gasteiger partial charge on any atom is -0.308 e. The number of rotatable bonds is 3. The molecule has 3 aromatic rings. The largest absolute Gasteiger partial charge is 0.325 e. The number of carbonyl (C=O) groups excluding carboxylic acids is 1. The smallest absolute Gasteiger partial charge is 0.308 e. The summed E-state index contributed by atoms with van der Waals surface area (Å²) in [6, 6.07) is 18.6. The lowest BCUT2D eigenvalue weighted by Crippen LogP contribution is -2.19. The molecule has 0 unspecified atom stereocenters. The van der Waals surface area contributed by atoms with Crippen LogP contribution in [0.5, 0.6) is 0 Å². The van der Waals surface area contributed by atoms with Gasteiger partial charge in [-0.05, 0) is 12.1 Å². The molecular formula is C15H12N4OS. The van der Waals surface area contributed by atoms with E-state index in [1.165, 1.54) is 11.3 Å². The summed E-state index contributed by atoms with van der Waals surface area (Å²) in [5.74, 6) is 0. The van der Waals surface area contributed by atoms with Gasteiger partial charge in [-0.2, -0.15) is 0 Å². The van der Waals surface area contributed by atoms with Gasteiger partial charge in [-0.3, -0.25) is 5.32 Å². The van der Waals surface area contributed by atoms with Gasteiger partial charge in [0, 0.05) is 11.3 Å². The monoisotopic (exact) mass is 296 g/mol. The van der Waals surface area contributed by atoms with Crippen LogP contribution < -0.4 is 10.6 Å². The van der Waals surface area contributed by atoms with E-state index >= 15 is 0 Å². The number of hydrogen-bond donors (Lipinski definition) is 2. The zero-order chi connectivity index (χ0) is 14.5. The van der Waals surface area contributed by atoms with Gasteiger partial charge in [0.25, 0.3) is 0 Å². The summed E-state index contributed by atoms with van der Waals surface area (Å²) in [7, 11) is 0. The third-order valence-corrected chi connectivity index (χ3v) is 3.59. The molecule has 0 spiro atoms. The SMILES string of the molecule is O=C(Nc1ccccc1)Nc1nnc(-c2ccccc2)s1. The van der Waals surface area contributed by atoms with E-state index in [1.807, 2.05) is 60.7 Å². The Balaban J connectivity index is 1.66. The first-order chi connectivity index (χ1) is 10.3. The number of para-hydroxylation sites is 1. The zero-order valence-electron chi connectivity index (χ0n) is 11.0. The van der Waals surface area contributed by atoms with Gasteiger partial charge < -0.3 is 5.32 Å². The van der Waals surface area contributed by atoms with Crippen LogP contribution in [0, 0.1) is 0 Å². The summed E-state index contributed by atoms with van der Waals surface area (Å²) in [6.07, 6.45) is 0. The number of aromatic nitrogens is 2. The molecule has 104 valence electrons. The Bertz CT molecular complexity index is 728. The highest BCUT2D eigenvalue weighted by Crippen LogP contribution is 2.25. The van der Waals surface area contributed by atoms with Gasteiger partial charge in [-0.25, -0.2) is 4.79 Å². The molecule has 6 heteroatoms. The molecule has 0 radical (unpaired) electrons. The maximum atomic E-state index is 11.8. The van der Waals surface area contributed by atoms with Crippen molar-refractivity contribution in [1.29, 1.82) is 0 Å². The van der Waals surface area contributed by atoms with E-state index in [-0.39, 0.29) is 6.03 Å². The third kappa shape index (κ3) is 3.43. The molecule has 3 rings (SSSR count). The molecule has 0 atom stereocenters. The lowest BCUT2D eigenvalue weighted by atomic mass is 10.2. The standard InChI is InChI=1S/C15H12N4OS/c20-14(16-12-9-5-2-6-10-12)17-15-19-18-13(21-15)11-7-3-1-4-8-11/h1-10H,(H2,16,17,19,20). The van der Waals surface area contributed by atoms with Crippen molar-refractivity contribution in [2.75, 3.05) is 10.6 Å². The van der Waals surface area contributed by atoms with E-state index in [0.717, 1.165) is 16.3 Å². The fourth-order valence-corrected chi connectivity index (χ4v) is 2.50. The molecule has 2 aromatic carbocycles. The van der Waals surface area contributed by atoms with Crippen LogP contribution in [0.1, 0.15) is 0 Å². The second kappa shape index (κ2) is 6.15. The van der Waals surface area contributed by atoms with Crippen molar-refractivity contribution in [3.05, 3.63) is 60.7 Å². The molecule has 0 aliphatic heterocycles. The quantitative estimate of drug-likeness (QED) is 0.771. The summed E-state index contributed by atoms with van der Waals surface area (Å²) < 4.78 is 0. The van der Waals surface area contributed by atoms with E-state index in [0.29, 0.717) is 5.13 Å². The summed E-state index contributed by atoms with van der Waals surface area (Å²) in [6.45, 7) is 0. The number of urea groups is 1. The molecule has 0 fully saturated rings. The van der Waals surface area contributed by atoms with Gasteiger partial charge in [0.15, 0.2) is 0 Å². The highest BCUT2D eigenvalue weighted by molar-refractivity contribution is 7.18. The van der Waals surface area contributed by atoms with Crippen molar-refractivity contribution < 1.29 is 4.79 Å². The molecule has 0 aliphatic carbocycles. The fourth-order valence-electron chi connectivity index (χ4n) is 1.75. The number of amides is 2. The number of hydrogen-bond acceptors (Lipinski definition) is 4. The molecule has 0 saturated carbocycles. The van der Waals surface area contributed by atoms with E-state index in [2.05, 4.69) is 20.8 Å². The Morgan fingerprint density at radius 2 is 1.52 bits per heavy atom. The normalized spacial score (nSPS) is 10.1. The van der Waals surface area contributed by atoms with Crippen LogP contribution in [0.3, 0.4) is 0 Å². The van der Waals surface area contributed by atoms with Crippen molar-refractivity contribution >= 4 is 28.2 Å². The van der Waals surface area contributed by atoms with Crippen molar-refractivity contribution in [3.63, 3.8) is 0 Å². The van der Waals surface area contributed by atoms with Crippen LogP contribution in [0.2, 0.25) is 0 Å². The molecule has 5 nitrogen and oxygen atoms in total. The Morgan fingerprint density at radius 3 is 2.24 bits per heavy atom. The van der Waals surface area contributed by atoms with Gasteiger partial charge in [0.05, 0.1) is 0 Å². The maximum absolute atomic E-state index is 11.8. The minimum atomic E-state index is -0.336. The molecule has 2 N–H and O–H groups in total. The summed E-state index contributed by atoms with van der Waals surface area (Å²) in [4.78, 5) is 11.8. The number of benzene rings is 2. The second-order valence-corrected chi connectivity index (χ2v) is 5.20. The van der Waals surface area contributed by atoms with Crippen molar-refractivity contribution in [3.8, 4) is 10.6 Å². The number of nitrogens with one attached hydrogen (secondary N) is 2. The Kier molecular flexibility index (Phi) is 3.88. The second-order valence-electron chi connectivity index (χ2n) is 4.22. The molecule has 0 bridgehead atoms. The molecule has 0 saturated heterocycles. The van der Waals surface area contributed by atoms with Gasteiger partial charge >= 0.3 is 6.03 Å².